The van der Waals surface area contributed by atoms with E-state index in [2.05, 4.69) is 10.5 Å². The molecule has 2 rings (SSSR count). The third kappa shape index (κ3) is 2.69. The molecule has 6 nitrogen and oxygen atoms in total. The normalized spacial score (nSPS) is 23.6. The van der Waals surface area contributed by atoms with E-state index in [0.29, 0.717) is 12.2 Å². The number of carbonyl (C=O) groups is 2. The third-order valence-electron chi connectivity index (χ3n) is 3.57. The fraction of sp³-hybridized carbons (Fsp3) is 0.643. The highest BCUT2D eigenvalue weighted by Crippen LogP contribution is 2.22. The summed E-state index contributed by atoms with van der Waals surface area (Å²) in [4.78, 5) is 26.5. The third-order valence-corrected chi connectivity index (χ3v) is 3.57. The molecule has 0 radical (unpaired) electrons. The van der Waals surface area contributed by atoms with E-state index in [1.165, 1.54) is 6.26 Å². The van der Waals surface area contributed by atoms with Crippen LogP contribution in [0.4, 0.5) is 0 Å². The highest BCUT2D eigenvalue weighted by atomic mass is 16.5. The Balaban J connectivity index is 2.28. The van der Waals surface area contributed by atoms with Gasteiger partial charge < -0.3 is 14.7 Å². The lowest BCUT2D eigenvalue weighted by Crippen LogP contribution is -2.65. The van der Waals surface area contributed by atoms with Gasteiger partial charge in [0, 0.05) is 6.07 Å². The van der Waals surface area contributed by atoms with Crippen molar-refractivity contribution in [1.82, 2.24) is 15.4 Å². The van der Waals surface area contributed by atoms with E-state index < -0.39 is 12.1 Å². The van der Waals surface area contributed by atoms with Crippen LogP contribution in [-0.4, -0.2) is 34.0 Å². The average molecular weight is 279 g/mol. The van der Waals surface area contributed by atoms with Gasteiger partial charge in [-0.05, 0) is 11.8 Å². The number of amides is 2. The van der Waals surface area contributed by atoms with Crippen molar-refractivity contribution in [3.8, 4) is 0 Å². The number of hydrogen-bond donors (Lipinski definition) is 1. The SMILES string of the molecule is CC(C)C1NC(=O)C(C(C)C)N(Cc2ccon2)C1=O. The van der Waals surface area contributed by atoms with E-state index in [0.717, 1.165) is 0 Å². The van der Waals surface area contributed by atoms with E-state index >= 15 is 0 Å². The molecule has 2 heterocycles. The van der Waals surface area contributed by atoms with Crippen molar-refractivity contribution in [3.63, 3.8) is 0 Å². The van der Waals surface area contributed by atoms with Crippen LogP contribution in [0.2, 0.25) is 0 Å². The Morgan fingerprint density at radius 1 is 1.30 bits per heavy atom. The van der Waals surface area contributed by atoms with E-state index in [-0.39, 0.29) is 23.7 Å². The minimum absolute atomic E-state index is 0.0407. The second-order valence-electron chi connectivity index (χ2n) is 5.88. The van der Waals surface area contributed by atoms with Crippen LogP contribution in [-0.2, 0) is 16.1 Å². The zero-order valence-corrected chi connectivity index (χ0v) is 12.3. The topological polar surface area (TPSA) is 75.4 Å². The summed E-state index contributed by atoms with van der Waals surface area (Å²) in [7, 11) is 0. The minimum Gasteiger partial charge on any atom is -0.364 e. The lowest BCUT2D eigenvalue weighted by molar-refractivity contribution is -0.153. The monoisotopic (exact) mass is 279 g/mol. The summed E-state index contributed by atoms with van der Waals surface area (Å²) < 4.78 is 4.80. The number of nitrogens with one attached hydrogen (secondary N) is 1. The van der Waals surface area contributed by atoms with Crippen LogP contribution < -0.4 is 5.32 Å². The zero-order valence-electron chi connectivity index (χ0n) is 12.3. The molecule has 6 heteroatoms. The van der Waals surface area contributed by atoms with Crippen LogP contribution in [0.1, 0.15) is 33.4 Å². The number of nitrogens with zero attached hydrogens (tertiary/aromatic N) is 2. The van der Waals surface area contributed by atoms with E-state index in [1.807, 2.05) is 27.7 Å². The van der Waals surface area contributed by atoms with Gasteiger partial charge in [-0.2, -0.15) is 0 Å². The quantitative estimate of drug-likeness (QED) is 0.898. The van der Waals surface area contributed by atoms with E-state index in [9.17, 15) is 9.59 Å². The molecule has 2 unspecified atom stereocenters. The average Bonchev–Trinajstić information content (AvgIpc) is 2.85. The summed E-state index contributed by atoms with van der Waals surface area (Å²) in [5.74, 6) is -0.0542. The van der Waals surface area contributed by atoms with Crippen LogP contribution >= 0.6 is 0 Å². The van der Waals surface area contributed by atoms with Crippen LogP contribution in [0, 0.1) is 11.8 Å². The van der Waals surface area contributed by atoms with E-state index in [4.69, 9.17) is 4.52 Å². The summed E-state index contributed by atoms with van der Waals surface area (Å²) in [6.07, 6.45) is 1.47. The van der Waals surface area contributed by atoms with Crippen LogP contribution in [0.3, 0.4) is 0 Å². The Morgan fingerprint density at radius 3 is 2.50 bits per heavy atom. The fourth-order valence-corrected chi connectivity index (χ4v) is 2.54. The fourth-order valence-electron chi connectivity index (χ4n) is 2.54. The molecule has 2 amide bonds. The largest absolute Gasteiger partial charge is 0.364 e. The standard InChI is InChI=1S/C14H21N3O3/c1-8(2)11-14(19)17(7-10-5-6-20-16-10)12(9(3)4)13(18)15-11/h5-6,8-9,11-12H,7H2,1-4H3,(H,15,18). The zero-order chi connectivity index (χ0) is 14.9. The van der Waals surface area contributed by atoms with Crippen LogP contribution in [0.5, 0.6) is 0 Å². The van der Waals surface area contributed by atoms with Crippen molar-refractivity contribution in [1.29, 1.82) is 0 Å². The molecule has 1 saturated heterocycles. The molecule has 110 valence electrons. The van der Waals surface area contributed by atoms with Crippen molar-refractivity contribution < 1.29 is 14.1 Å². The van der Waals surface area contributed by atoms with Gasteiger partial charge in [-0.15, -0.1) is 0 Å². The van der Waals surface area contributed by atoms with Gasteiger partial charge in [0.25, 0.3) is 0 Å². The van der Waals surface area contributed by atoms with Gasteiger partial charge in [-0.1, -0.05) is 32.9 Å². The van der Waals surface area contributed by atoms with Gasteiger partial charge in [0.1, 0.15) is 24.0 Å². The Bertz CT molecular complexity index is 482. The Labute approximate surface area is 118 Å². The van der Waals surface area contributed by atoms with Gasteiger partial charge in [-0.25, -0.2) is 0 Å². The second kappa shape index (κ2) is 5.64. The minimum atomic E-state index is -0.468. The van der Waals surface area contributed by atoms with E-state index in [1.54, 1.807) is 11.0 Å². The molecular formula is C14H21N3O3. The molecule has 1 fully saturated rings. The van der Waals surface area contributed by atoms with Gasteiger partial charge in [0.15, 0.2) is 0 Å². The molecule has 0 aromatic carbocycles. The maximum Gasteiger partial charge on any atom is 0.246 e. The van der Waals surface area contributed by atoms with Crippen molar-refractivity contribution in [2.45, 2.75) is 46.3 Å². The summed E-state index contributed by atoms with van der Waals surface area (Å²) in [6.45, 7) is 8.01. The van der Waals surface area contributed by atoms with Crippen molar-refractivity contribution >= 4 is 11.8 Å². The Morgan fingerprint density at radius 2 is 2.00 bits per heavy atom. The molecule has 2 atom stereocenters. The first-order valence-electron chi connectivity index (χ1n) is 6.92. The highest BCUT2D eigenvalue weighted by molar-refractivity contribution is 5.97. The maximum atomic E-state index is 12.6. The summed E-state index contributed by atoms with van der Waals surface area (Å²) in [5.41, 5.74) is 0.654. The smallest absolute Gasteiger partial charge is 0.246 e. The molecule has 0 bridgehead atoms. The molecule has 1 aliphatic rings. The van der Waals surface area contributed by atoms with Crippen molar-refractivity contribution in [2.75, 3.05) is 0 Å². The molecular weight excluding hydrogens is 258 g/mol. The van der Waals surface area contributed by atoms with Crippen molar-refractivity contribution in [2.24, 2.45) is 11.8 Å². The lowest BCUT2D eigenvalue weighted by atomic mass is 9.92. The summed E-state index contributed by atoms with van der Waals surface area (Å²) in [5, 5.41) is 6.67. The molecule has 0 spiro atoms. The Kier molecular flexibility index (Phi) is 4.11. The van der Waals surface area contributed by atoms with Gasteiger partial charge in [0.2, 0.25) is 11.8 Å². The first kappa shape index (κ1) is 14.6. The summed E-state index contributed by atoms with van der Waals surface area (Å²) >= 11 is 0. The molecule has 1 aromatic heterocycles. The number of aromatic nitrogens is 1. The molecule has 1 aliphatic heterocycles. The molecule has 0 saturated carbocycles. The van der Waals surface area contributed by atoms with Gasteiger partial charge >= 0.3 is 0 Å². The van der Waals surface area contributed by atoms with Crippen molar-refractivity contribution in [3.05, 3.63) is 18.0 Å². The molecule has 0 aliphatic carbocycles. The Hall–Kier alpha value is -1.85. The maximum absolute atomic E-state index is 12.6. The second-order valence-corrected chi connectivity index (χ2v) is 5.88. The number of rotatable bonds is 4. The van der Waals surface area contributed by atoms with Crippen LogP contribution in [0.15, 0.2) is 16.9 Å². The number of piperazine rings is 1. The molecule has 20 heavy (non-hydrogen) atoms. The first-order chi connectivity index (χ1) is 9.41. The number of hydrogen-bond acceptors (Lipinski definition) is 4. The highest BCUT2D eigenvalue weighted by Gasteiger charge is 2.43. The molecule has 1 aromatic rings. The lowest BCUT2D eigenvalue weighted by Gasteiger charge is -2.41. The molecule has 1 N–H and O–H groups in total. The predicted octanol–water partition coefficient (Wildman–Crippen LogP) is 1.18. The summed E-state index contributed by atoms with van der Waals surface area (Å²) in [6, 6.07) is 0.778. The van der Waals surface area contributed by atoms with Gasteiger partial charge in [0.05, 0.1) is 6.54 Å². The number of carbonyl (C=O) groups excluding carboxylic acids is 2. The predicted molar refractivity (Wildman–Crippen MR) is 72.4 cm³/mol. The van der Waals surface area contributed by atoms with Gasteiger partial charge in [-0.3, -0.25) is 9.59 Å². The van der Waals surface area contributed by atoms with Crippen LogP contribution in [0.25, 0.3) is 0 Å². The first-order valence-corrected chi connectivity index (χ1v) is 6.92.